The smallest absolute Gasteiger partial charge is 0.337 e. The molecule has 1 rings (SSSR count). The van der Waals surface area contributed by atoms with Gasteiger partial charge in [-0.05, 0) is 57.3 Å². The first kappa shape index (κ1) is 16.3. The molecule has 0 heterocycles. The molecule has 1 aromatic rings. The molecule has 0 aliphatic carbocycles. The molecule has 8 heteroatoms. The Morgan fingerprint density at radius 2 is 1.50 bits per heavy atom. The molecule has 0 unspecified atom stereocenters. The van der Waals surface area contributed by atoms with Gasteiger partial charge in [0.2, 0.25) is 4.84 Å². The summed E-state index contributed by atoms with van der Waals surface area (Å²) in [5, 5.41) is 25.9. The summed E-state index contributed by atoms with van der Waals surface area (Å²) in [4.78, 5) is 8.15. The second-order valence-corrected chi connectivity index (χ2v) is 5.82. The van der Waals surface area contributed by atoms with Crippen LogP contribution in [0.1, 0.15) is 0 Å². The van der Waals surface area contributed by atoms with Gasteiger partial charge in [-0.25, -0.2) is 4.79 Å². The number of halogens is 4. The van der Waals surface area contributed by atoms with Crippen LogP contribution in [0.5, 0.6) is 11.5 Å². The van der Waals surface area contributed by atoms with E-state index >= 15 is 0 Å². The number of carboxylic acids is 1. The summed E-state index contributed by atoms with van der Waals surface area (Å²) in [6, 6.07) is 3.02. The summed E-state index contributed by atoms with van der Waals surface area (Å²) in [5.74, 6) is -0.788. The second kappa shape index (κ2) is 7.62. The van der Waals surface area contributed by atoms with E-state index in [9.17, 15) is 9.90 Å². The van der Waals surface area contributed by atoms with E-state index in [-0.39, 0.29) is 11.5 Å². The predicted molar refractivity (Wildman–Crippen MR) is 78.3 cm³/mol. The third-order valence-electron chi connectivity index (χ3n) is 1.19. The van der Waals surface area contributed by atoms with Crippen molar-refractivity contribution in [3.8, 4) is 11.5 Å². The number of aliphatic carboxylic acids is 1. The molecule has 0 bridgehead atoms. The van der Waals surface area contributed by atoms with Crippen molar-refractivity contribution >= 4 is 74.4 Å². The van der Waals surface area contributed by atoms with E-state index in [4.69, 9.17) is 33.4 Å². The molecule has 3 N–H and O–H groups in total. The Kier molecular flexibility index (Phi) is 7.77. The van der Waals surface area contributed by atoms with Gasteiger partial charge in [-0.15, -0.1) is 0 Å². The van der Waals surface area contributed by atoms with E-state index in [0.717, 1.165) is 0 Å². The fraction of sp³-hybridized carbons (Fsp3) is 0.125. The minimum Gasteiger partial charge on any atom is -0.508 e. The van der Waals surface area contributed by atoms with Gasteiger partial charge in [0, 0.05) is 0 Å². The number of phenols is 2. The van der Waals surface area contributed by atoms with E-state index in [1.165, 1.54) is 12.1 Å². The number of benzene rings is 1. The molecule has 0 radical (unpaired) electrons. The zero-order chi connectivity index (χ0) is 12.9. The van der Waals surface area contributed by atoms with Gasteiger partial charge in [-0.3, -0.25) is 0 Å². The van der Waals surface area contributed by atoms with Crippen LogP contribution in [0.3, 0.4) is 0 Å². The Bertz CT molecular complexity index is 361. The maximum atomic E-state index is 9.44. The van der Waals surface area contributed by atoms with Crippen LogP contribution in [-0.4, -0.2) is 26.1 Å². The molecule has 1 aromatic carbocycles. The average Bonchev–Trinajstić information content (AvgIpc) is 2.14. The monoisotopic (exact) mass is 490 g/mol. The predicted octanol–water partition coefficient (Wildman–Crippen LogP) is 3.18. The van der Waals surface area contributed by atoms with Crippen molar-refractivity contribution in [1.82, 2.24) is 0 Å². The van der Waals surface area contributed by atoms with Gasteiger partial charge in [0.15, 0.2) is 0 Å². The van der Waals surface area contributed by atoms with Crippen molar-refractivity contribution in [3.05, 3.63) is 19.3 Å². The summed E-state index contributed by atoms with van der Waals surface area (Å²) in [7, 11) is 0. The lowest BCUT2D eigenvalue weighted by Crippen LogP contribution is -2.03. The molecule has 0 aliphatic heterocycles. The second-order valence-electron chi connectivity index (χ2n) is 2.40. The van der Waals surface area contributed by atoms with Crippen LogP contribution in [0.25, 0.3) is 0 Å². The van der Waals surface area contributed by atoms with Crippen LogP contribution < -0.4 is 0 Å². The van der Waals surface area contributed by atoms with Crippen LogP contribution in [0, 0.1) is 7.14 Å². The van der Waals surface area contributed by atoms with Crippen LogP contribution in [0.2, 0.25) is 0 Å². The molecule has 0 amide bonds. The lowest BCUT2D eigenvalue weighted by atomic mass is 10.3. The number of hydrogen-bond donors (Lipinski definition) is 3. The molecule has 0 atom stereocenters. The molecule has 90 valence electrons. The van der Waals surface area contributed by atoms with Gasteiger partial charge in [-0.2, -0.15) is 0 Å². The van der Waals surface area contributed by atoms with Crippen molar-refractivity contribution in [2.75, 3.05) is 0 Å². The lowest BCUT2D eigenvalue weighted by Gasteiger charge is -1.99. The summed E-state index contributed by atoms with van der Waals surface area (Å²) < 4.78 is 1.34. The number of alkyl halides is 2. The van der Waals surface area contributed by atoms with E-state index in [2.05, 4.69) is 0 Å². The molecule has 0 spiro atoms. The molecule has 16 heavy (non-hydrogen) atoms. The maximum absolute atomic E-state index is 9.44. The lowest BCUT2D eigenvalue weighted by molar-refractivity contribution is -0.135. The molecule has 0 aromatic heterocycles. The Hall–Kier alpha value is 0.330. The van der Waals surface area contributed by atoms with E-state index in [1.807, 2.05) is 45.2 Å². The maximum Gasteiger partial charge on any atom is 0.337 e. The number of phenolic OH excluding ortho intramolecular Hbond substituents is 2. The molecule has 0 fully saturated rings. The molecule has 0 saturated heterocycles. The Morgan fingerprint density at radius 1 is 1.19 bits per heavy atom. The van der Waals surface area contributed by atoms with Gasteiger partial charge < -0.3 is 15.3 Å². The highest BCUT2D eigenvalue weighted by atomic mass is 127. The standard InChI is InChI=1S/C6H4I2O2.C2H2Cl2O2/c7-4-1-3(9)2-5(8)6(4)10;3-1(4)2(5)6/h1-2,9-10H;1H,(H,5,6). The molecule has 4 nitrogen and oxygen atoms in total. The average molecular weight is 491 g/mol. The van der Waals surface area contributed by atoms with E-state index in [0.29, 0.717) is 7.14 Å². The topological polar surface area (TPSA) is 77.8 Å². The molecule has 0 aliphatic rings. The van der Waals surface area contributed by atoms with Gasteiger partial charge in [0.25, 0.3) is 0 Å². The highest BCUT2D eigenvalue weighted by molar-refractivity contribution is 14.1. The third-order valence-corrected chi connectivity index (χ3v) is 3.21. The van der Waals surface area contributed by atoms with E-state index in [1.54, 1.807) is 0 Å². The largest absolute Gasteiger partial charge is 0.508 e. The van der Waals surface area contributed by atoms with Crippen molar-refractivity contribution in [2.24, 2.45) is 0 Å². The first-order valence-electron chi connectivity index (χ1n) is 3.63. The number of rotatable bonds is 1. The van der Waals surface area contributed by atoms with Crippen LogP contribution in [-0.2, 0) is 4.79 Å². The fourth-order valence-electron chi connectivity index (χ4n) is 0.552. The summed E-state index contributed by atoms with van der Waals surface area (Å²) >= 11 is 13.5. The van der Waals surface area contributed by atoms with Crippen LogP contribution >= 0.6 is 68.4 Å². The summed E-state index contributed by atoms with van der Waals surface area (Å²) in [6.07, 6.45) is 0. The Labute approximate surface area is 129 Å². The van der Waals surface area contributed by atoms with E-state index < -0.39 is 10.8 Å². The Morgan fingerprint density at radius 3 is 1.75 bits per heavy atom. The third kappa shape index (κ3) is 6.16. The van der Waals surface area contributed by atoms with Crippen molar-refractivity contribution in [2.45, 2.75) is 4.84 Å². The van der Waals surface area contributed by atoms with Gasteiger partial charge >= 0.3 is 5.97 Å². The molecule has 0 saturated carbocycles. The van der Waals surface area contributed by atoms with Crippen molar-refractivity contribution < 1.29 is 20.1 Å². The first-order valence-corrected chi connectivity index (χ1v) is 6.66. The van der Waals surface area contributed by atoms with Gasteiger partial charge in [0.05, 0.1) is 7.14 Å². The van der Waals surface area contributed by atoms with Gasteiger partial charge in [0.1, 0.15) is 11.5 Å². The first-order chi connectivity index (χ1) is 7.25. The Balaban J connectivity index is 0.000000325. The van der Waals surface area contributed by atoms with Crippen molar-refractivity contribution in [1.29, 1.82) is 0 Å². The normalized spacial score (nSPS) is 9.56. The van der Waals surface area contributed by atoms with Crippen LogP contribution in [0.15, 0.2) is 12.1 Å². The van der Waals surface area contributed by atoms with Gasteiger partial charge in [-0.1, -0.05) is 23.2 Å². The van der Waals surface area contributed by atoms with Crippen molar-refractivity contribution in [3.63, 3.8) is 0 Å². The number of carbonyl (C=O) groups is 1. The van der Waals surface area contributed by atoms with Crippen LogP contribution in [0.4, 0.5) is 0 Å². The highest BCUT2D eigenvalue weighted by Crippen LogP contribution is 2.29. The summed E-state index contributed by atoms with van der Waals surface area (Å²) in [5.41, 5.74) is 0. The number of carboxylic acid groups (broad SMARTS) is 1. The number of hydrogen-bond acceptors (Lipinski definition) is 3. The zero-order valence-electron chi connectivity index (χ0n) is 7.49. The highest BCUT2D eigenvalue weighted by Gasteiger charge is 2.05. The number of aromatic hydroxyl groups is 2. The molecular weight excluding hydrogens is 485 g/mol. The quantitative estimate of drug-likeness (QED) is 0.321. The SMILES string of the molecule is O=C(O)C(Cl)Cl.Oc1cc(I)c(O)c(I)c1. The fourth-order valence-corrected chi connectivity index (χ4v) is 2.29. The summed E-state index contributed by atoms with van der Waals surface area (Å²) in [6.45, 7) is 0. The minimum atomic E-state index is -1.29. The molecular formula is C8H6Cl2I2O4. The minimum absolute atomic E-state index is 0.187. The zero-order valence-corrected chi connectivity index (χ0v) is 13.3.